The first-order chi connectivity index (χ1) is 8.31. The molecule has 2 N–H and O–H groups in total. The molecule has 0 bridgehead atoms. The maximum absolute atomic E-state index is 9.95. The van der Waals surface area contributed by atoms with Gasteiger partial charge >= 0.3 is 0 Å². The minimum atomic E-state index is -0.292. The van der Waals surface area contributed by atoms with Crippen LogP contribution in [0.3, 0.4) is 0 Å². The molecule has 0 aliphatic rings. The highest BCUT2D eigenvalue weighted by molar-refractivity contribution is 7.17. The third-order valence-corrected chi connectivity index (χ3v) is 3.84. The maximum atomic E-state index is 9.95. The number of aliphatic hydroxyl groups is 1. The lowest BCUT2D eigenvalue weighted by molar-refractivity contribution is 0.172. The second kappa shape index (κ2) is 6.15. The molecule has 0 fully saturated rings. The van der Waals surface area contributed by atoms with Gasteiger partial charge < -0.3 is 10.4 Å². The van der Waals surface area contributed by atoms with Crippen LogP contribution in [-0.2, 0) is 6.42 Å². The van der Waals surface area contributed by atoms with E-state index in [1.54, 1.807) is 11.3 Å². The Labute approximate surface area is 106 Å². The molecule has 1 aromatic carbocycles. The van der Waals surface area contributed by atoms with Gasteiger partial charge in [-0.1, -0.05) is 25.1 Å². The summed E-state index contributed by atoms with van der Waals surface area (Å²) in [6.07, 6.45) is 1.55. The van der Waals surface area contributed by atoms with E-state index in [9.17, 15) is 5.11 Å². The molecule has 2 nitrogen and oxygen atoms in total. The maximum Gasteiger partial charge on any atom is 0.0705 e. The third kappa shape index (κ3) is 3.28. The van der Waals surface area contributed by atoms with Gasteiger partial charge in [0.2, 0.25) is 0 Å². The van der Waals surface area contributed by atoms with Crippen LogP contribution in [0, 0.1) is 0 Å². The van der Waals surface area contributed by atoms with Gasteiger partial charge in [-0.2, -0.15) is 0 Å². The number of fused-ring (bicyclic) bond motifs is 1. The molecule has 2 aromatic rings. The van der Waals surface area contributed by atoms with E-state index in [1.165, 1.54) is 15.6 Å². The number of nitrogens with one attached hydrogen (secondary N) is 1. The largest absolute Gasteiger partial charge is 0.391 e. The number of aliphatic hydroxyl groups excluding tert-OH is 1. The minimum absolute atomic E-state index is 0.292. The fraction of sp³-hybridized carbons (Fsp3) is 0.429. The van der Waals surface area contributed by atoms with Crippen LogP contribution in [0.4, 0.5) is 0 Å². The molecule has 17 heavy (non-hydrogen) atoms. The van der Waals surface area contributed by atoms with Gasteiger partial charge in [-0.25, -0.2) is 0 Å². The summed E-state index contributed by atoms with van der Waals surface area (Å²) in [4.78, 5) is 0. The average Bonchev–Trinajstić information content (AvgIpc) is 2.73. The van der Waals surface area contributed by atoms with Crippen LogP contribution < -0.4 is 5.32 Å². The van der Waals surface area contributed by atoms with Crippen molar-refractivity contribution >= 4 is 21.4 Å². The van der Waals surface area contributed by atoms with E-state index in [4.69, 9.17) is 0 Å². The van der Waals surface area contributed by atoms with Crippen molar-refractivity contribution < 1.29 is 5.11 Å². The summed E-state index contributed by atoms with van der Waals surface area (Å²) in [5, 5.41) is 16.6. The highest BCUT2D eigenvalue weighted by atomic mass is 32.1. The van der Waals surface area contributed by atoms with E-state index in [0.29, 0.717) is 6.54 Å². The Morgan fingerprint density at radius 1 is 1.35 bits per heavy atom. The van der Waals surface area contributed by atoms with Gasteiger partial charge in [-0.05, 0) is 35.4 Å². The Kier molecular flexibility index (Phi) is 4.54. The smallest absolute Gasteiger partial charge is 0.0705 e. The lowest BCUT2D eigenvalue weighted by atomic mass is 10.1. The molecule has 1 atom stereocenters. The summed E-state index contributed by atoms with van der Waals surface area (Å²) in [7, 11) is 0. The molecule has 1 heterocycles. The summed E-state index contributed by atoms with van der Waals surface area (Å²) in [6.45, 7) is 3.78. The van der Waals surface area contributed by atoms with Crippen molar-refractivity contribution in [1.82, 2.24) is 5.32 Å². The predicted octanol–water partition coefficient (Wildman–Crippen LogP) is 2.80. The van der Waals surface area contributed by atoms with Gasteiger partial charge in [-0.3, -0.25) is 0 Å². The standard InChI is InChI=1S/C14H19NOS/c1-2-7-15-9-12(16)8-11-10-17-14-6-4-3-5-13(11)14/h3-6,10,12,15-16H,2,7-9H2,1H3. The summed E-state index contributed by atoms with van der Waals surface area (Å²) >= 11 is 1.75. The third-order valence-electron chi connectivity index (χ3n) is 2.82. The molecule has 0 saturated heterocycles. The van der Waals surface area contributed by atoms with Crippen LogP contribution in [0.25, 0.3) is 10.1 Å². The zero-order chi connectivity index (χ0) is 12.1. The van der Waals surface area contributed by atoms with Crippen molar-refractivity contribution in [3.8, 4) is 0 Å². The van der Waals surface area contributed by atoms with E-state index in [1.807, 2.05) is 0 Å². The first-order valence-corrected chi connectivity index (χ1v) is 7.03. The van der Waals surface area contributed by atoms with Gasteiger partial charge in [0.05, 0.1) is 6.10 Å². The number of hydrogen-bond donors (Lipinski definition) is 2. The van der Waals surface area contributed by atoms with Gasteiger partial charge in [-0.15, -0.1) is 11.3 Å². The molecule has 0 radical (unpaired) electrons. The van der Waals surface area contributed by atoms with Crippen molar-refractivity contribution in [3.05, 3.63) is 35.2 Å². The minimum Gasteiger partial charge on any atom is -0.391 e. The van der Waals surface area contributed by atoms with E-state index in [2.05, 4.69) is 41.9 Å². The zero-order valence-electron chi connectivity index (χ0n) is 10.1. The quantitative estimate of drug-likeness (QED) is 0.772. The van der Waals surface area contributed by atoms with Crippen LogP contribution in [-0.4, -0.2) is 24.3 Å². The fourth-order valence-corrected chi connectivity index (χ4v) is 2.94. The topological polar surface area (TPSA) is 32.3 Å². The highest BCUT2D eigenvalue weighted by Gasteiger charge is 2.09. The second-order valence-corrected chi connectivity index (χ2v) is 5.23. The molecular formula is C14H19NOS. The number of hydrogen-bond acceptors (Lipinski definition) is 3. The van der Waals surface area contributed by atoms with E-state index < -0.39 is 0 Å². The van der Waals surface area contributed by atoms with Gasteiger partial charge in [0.25, 0.3) is 0 Å². The van der Waals surface area contributed by atoms with Crippen molar-refractivity contribution in [2.45, 2.75) is 25.9 Å². The monoisotopic (exact) mass is 249 g/mol. The molecule has 1 aromatic heterocycles. The lowest BCUT2D eigenvalue weighted by Gasteiger charge is -2.10. The van der Waals surface area contributed by atoms with Crippen molar-refractivity contribution in [3.63, 3.8) is 0 Å². The van der Waals surface area contributed by atoms with Gasteiger partial charge in [0.1, 0.15) is 0 Å². The average molecular weight is 249 g/mol. The molecule has 0 aliphatic carbocycles. The second-order valence-electron chi connectivity index (χ2n) is 4.32. The molecule has 2 rings (SSSR count). The molecule has 0 aliphatic heterocycles. The van der Waals surface area contributed by atoms with Crippen molar-refractivity contribution in [2.24, 2.45) is 0 Å². The number of benzene rings is 1. The van der Waals surface area contributed by atoms with E-state index >= 15 is 0 Å². The Bertz CT molecular complexity index is 466. The highest BCUT2D eigenvalue weighted by Crippen LogP contribution is 2.26. The summed E-state index contributed by atoms with van der Waals surface area (Å²) < 4.78 is 1.30. The Morgan fingerprint density at radius 2 is 2.18 bits per heavy atom. The van der Waals surface area contributed by atoms with Crippen LogP contribution in [0.15, 0.2) is 29.6 Å². The molecule has 0 saturated carbocycles. The lowest BCUT2D eigenvalue weighted by Crippen LogP contribution is -2.28. The SMILES string of the molecule is CCCNCC(O)Cc1csc2ccccc12. The number of thiophene rings is 1. The molecule has 92 valence electrons. The zero-order valence-corrected chi connectivity index (χ0v) is 11.0. The van der Waals surface area contributed by atoms with Crippen LogP contribution >= 0.6 is 11.3 Å². The summed E-state index contributed by atoms with van der Waals surface area (Å²) in [6, 6.07) is 8.38. The summed E-state index contributed by atoms with van der Waals surface area (Å²) in [5.41, 5.74) is 1.26. The van der Waals surface area contributed by atoms with Crippen molar-refractivity contribution in [1.29, 1.82) is 0 Å². The molecule has 1 unspecified atom stereocenters. The Balaban J connectivity index is 1.98. The fourth-order valence-electron chi connectivity index (χ4n) is 1.96. The van der Waals surface area contributed by atoms with E-state index in [0.717, 1.165) is 19.4 Å². The Hall–Kier alpha value is -0.900. The van der Waals surface area contributed by atoms with Gasteiger partial charge in [0, 0.05) is 17.7 Å². The van der Waals surface area contributed by atoms with Gasteiger partial charge in [0.15, 0.2) is 0 Å². The summed E-state index contributed by atoms with van der Waals surface area (Å²) in [5.74, 6) is 0. The van der Waals surface area contributed by atoms with Crippen LogP contribution in [0.2, 0.25) is 0 Å². The van der Waals surface area contributed by atoms with E-state index in [-0.39, 0.29) is 6.10 Å². The normalized spacial score (nSPS) is 13.1. The molecule has 3 heteroatoms. The molecule has 0 spiro atoms. The molecule has 0 amide bonds. The van der Waals surface area contributed by atoms with Crippen molar-refractivity contribution in [2.75, 3.05) is 13.1 Å². The van der Waals surface area contributed by atoms with Crippen LogP contribution in [0.1, 0.15) is 18.9 Å². The first-order valence-electron chi connectivity index (χ1n) is 6.15. The Morgan fingerprint density at radius 3 is 3.00 bits per heavy atom. The molecular weight excluding hydrogens is 230 g/mol. The van der Waals surface area contributed by atoms with Crippen LogP contribution in [0.5, 0.6) is 0 Å². The first kappa shape index (κ1) is 12.6. The number of rotatable bonds is 6. The predicted molar refractivity (Wildman–Crippen MR) is 74.7 cm³/mol.